The van der Waals surface area contributed by atoms with Gasteiger partial charge in [-0.3, -0.25) is 0 Å². The second-order valence-corrected chi connectivity index (χ2v) is 5.93. The lowest BCUT2D eigenvalue weighted by atomic mass is 10.3. The highest BCUT2D eigenvalue weighted by atomic mass is 32.1. The molecule has 0 aliphatic heterocycles. The molecule has 108 valence electrons. The largest absolute Gasteiger partial charge is 0.315 e. The molecule has 0 spiro atoms. The maximum absolute atomic E-state index is 13.2. The van der Waals surface area contributed by atoms with Crippen molar-refractivity contribution in [3.63, 3.8) is 0 Å². The maximum Gasteiger partial charge on any atom is 0.189 e. The highest BCUT2D eigenvalue weighted by Gasteiger charge is 2.09. The zero-order valence-electron chi connectivity index (χ0n) is 11.7. The first kappa shape index (κ1) is 13.1. The molecule has 0 unspecified atom stereocenters. The van der Waals surface area contributed by atoms with Gasteiger partial charge in [0.05, 0.1) is 26.9 Å². The van der Waals surface area contributed by atoms with Gasteiger partial charge in [-0.25, -0.2) is 19.3 Å². The van der Waals surface area contributed by atoms with Gasteiger partial charge in [0.15, 0.2) is 10.9 Å². The number of thiazole rings is 1. The summed E-state index contributed by atoms with van der Waals surface area (Å²) in [5, 5.41) is 3.86. The lowest BCUT2D eigenvalue weighted by Gasteiger charge is -2.06. The number of hydrogen-bond acceptors (Lipinski definition) is 5. The molecule has 6 heteroatoms. The Kier molecular flexibility index (Phi) is 2.97. The topological polar surface area (TPSA) is 50.7 Å². The van der Waals surface area contributed by atoms with E-state index in [2.05, 4.69) is 20.3 Å². The summed E-state index contributed by atoms with van der Waals surface area (Å²) >= 11 is 1.39. The number of para-hydroxylation sites is 2. The van der Waals surface area contributed by atoms with Crippen LogP contribution in [0.15, 0.2) is 42.5 Å². The Balaban J connectivity index is 1.76. The van der Waals surface area contributed by atoms with E-state index in [1.807, 2.05) is 31.2 Å². The first-order chi connectivity index (χ1) is 10.7. The second kappa shape index (κ2) is 4.99. The van der Waals surface area contributed by atoms with Crippen LogP contribution in [0.1, 0.15) is 5.69 Å². The summed E-state index contributed by atoms with van der Waals surface area (Å²) in [6, 6.07) is 12.3. The minimum atomic E-state index is -0.260. The van der Waals surface area contributed by atoms with Crippen LogP contribution in [0.4, 0.5) is 15.3 Å². The lowest BCUT2D eigenvalue weighted by molar-refractivity contribution is 0.630. The van der Waals surface area contributed by atoms with Gasteiger partial charge in [-0.15, -0.1) is 0 Å². The number of aromatic nitrogens is 3. The number of rotatable bonds is 2. The fourth-order valence-corrected chi connectivity index (χ4v) is 3.15. The van der Waals surface area contributed by atoms with E-state index in [-0.39, 0.29) is 5.82 Å². The fraction of sp³-hybridized carbons (Fsp3) is 0.0625. The molecule has 0 bridgehead atoms. The van der Waals surface area contributed by atoms with Crippen molar-refractivity contribution in [3.8, 4) is 0 Å². The number of halogens is 1. The summed E-state index contributed by atoms with van der Waals surface area (Å²) in [5.41, 5.74) is 3.24. The minimum absolute atomic E-state index is 0.260. The molecule has 1 N–H and O–H groups in total. The number of nitrogens with zero attached hydrogens (tertiary/aromatic N) is 3. The van der Waals surface area contributed by atoms with Gasteiger partial charge in [0.2, 0.25) is 0 Å². The Hall–Kier alpha value is -2.60. The number of aryl methyl sites for hydroxylation is 1. The first-order valence-electron chi connectivity index (χ1n) is 6.75. The second-order valence-electron chi connectivity index (χ2n) is 4.90. The van der Waals surface area contributed by atoms with Crippen LogP contribution in [0.3, 0.4) is 0 Å². The molecule has 4 aromatic rings. The molecule has 4 nitrogen and oxygen atoms in total. The highest BCUT2D eigenvalue weighted by Crippen LogP contribution is 2.29. The summed E-state index contributed by atoms with van der Waals surface area (Å²) in [7, 11) is 0. The third-order valence-electron chi connectivity index (χ3n) is 3.32. The predicted octanol–water partition coefficient (Wildman–Crippen LogP) is 4.43. The predicted molar refractivity (Wildman–Crippen MR) is 87.1 cm³/mol. The molecule has 0 aliphatic rings. The number of hydrogen-bond donors (Lipinski definition) is 1. The summed E-state index contributed by atoms with van der Waals surface area (Å²) in [5.74, 6) is 0.405. The number of anilines is 2. The molecule has 0 amide bonds. The van der Waals surface area contributed by atoms with Crippen molar-refractivity contribution in [2.45, 2.75) is 6.92 Å². The summed E-state index contributed by atoms with van der Waals surface area (Å²) in [6.07, 6.45) is 0. The summed E-state index contributed by atoms with van der Waals surface area (Å²) in [6.45, 7) is 1.90. The number of fused-ring (bicyclic) bond motifs is 2. The van der Waals surface area contributed by atoms with Crippen molar-refractivity contribution in [2.75, 3.05) is 5.32 Å². The molecule has 2 aromatic heterocycles. The van der Waals surface area contributed by atoms with E-state index in [0.717, 1.165) is 26.9 Å². The SMILES string of the molecule is Cc1nc2ccccc2nc1Nc1nc2ccc(F)cc2s1. The van der Waals surface area contributed by atoms with Gasteiger partial charge in [-0.1, -0.05) is 23.5 Å². The summed E-state index contributed by atoms with van der Waals surface area (Å²) < 4.78 is 14.0. The molecule has 2 heterocycles. The Morgan fingerprint density at radius 2 is 1.73 bits per heavy atom. The van der Waals surface area contributed by atoms with Crippen LogP contribution in [-0.4, -0.2) is 15.0 Å². The zero-order valence-corrected chi connectivity index (χ0v) is 12.5. The monoisotopic (exact) mass is 310 g/mol. The molecule has 0 saturated carbocycles. The van der Waals surface area contributed by atoms with Gasteiger partial charge in [0.1, 0.15) is 5.82 Å². The molecular formula is C16H11FN4S. The van der Waals surface area contributed by atoms with Gasteiger partial charge < -0.3 is 5.32 Å². The summed E-state index contributed by atoms with van der Waals surface area (Å²) in [4.78, 5) is 13.6. The van der Waals surface area contributed by atoms with Crippen molar-refractivity contribution < 1.29 is 4.39 Å². The van der Waals surface area contributed by atoms with Crippen molar-refractivity contribution in [1.29, 1.82) is 0 Å². The standard InChI is InChI=1S/C16H11FN4S/c1-9-15(19-12-5-3-2-4-11(12)18-9)21-16-20-13-7-6-10(17)8-14(13)22-16/h2-8H,1H3,(H,19,20,21). The van der Waals surface area contributed by atoms with E-state index in [1.54, 1.807) is 6.07 Å². The molecule has 0 atom stereocenters. The molecule has 0 aliphatic carbocycles. The normalized spacial score (nSPS) is 11.2. The Labute approximate surface area is 129 Å². The molecule has 0 saturated heterocycles. The number of nitrogens with one attached hydrogen (secondary N) is 1. The molecule has 0 fully saturated rings. The molecular weight excluding hydrogens is 299 g/mol. The Bertz CT molecular complexity index is 996. The van der Waals surface area contributed by atoms with E-state index in [1.165, 1.54) is 23.5 Å². The quantitative estimate of drug-likeness (QED) is 0.595. The first-order valence-corrected chi connectivity index (χ1v) is 7.57. The van der Waals surface area contributed by atoms with E-state index >= 15 is 0 Å². The molecule has 4 rings (SSSR count). The smallest absolute Gasteiger partial charge is 0.189 e. The van der Waals surface area contributed by atoms with Crippen LogP contribution < -0.4 is 5.32 Å². The van der Waals surface area contributed by atoms with Crippen molar-refractivity contribution in [1.82, 2.24) is 15.0 Å². The Morgan fingerprint density at radius 3 is 2.55 bits per heavy atom. The number of benzene rings is 2. The van der Waals surface area contributed by atoms with Gasteiger partial charge in [0.25, 0.3) is 0 Å². The van der Waals surface area contributed by atoms with Crippen LogP contribution in [0.25, 0.3) is 21.3 Å². The van der Waals surface area contributed by atoms with E-state index in [0.29, 0.717) is 10.9 Å². The molecule has 0 radical (unpaired) electrons. The van der Waals surface area contributed by atoms with Gasteiger partial charge in [-0.05, 0) is 37.3 Å². The Morgan fingerprint density at radius 1 is 0.955 bits per heavy atom. The average Bonchev–Trinajstić information content (AvgIpc) is 2.89. The molecule has 22 heavy (non-hydrogen) atoms. The average molecular weight is 310 g/mol. The highest BCUT2D eigenvalue weighted by molar-refractivity contribution is 7.22. The minimum Gasteiger partial charge on any atom is -0.315 e. The van der Waals surface area contributed by atoms with E-state index in [9.17, 15) is 4.39 Å². The van der Waals surface area contributed by atoms with Gasteiger partial charge in [0, 0.05) is 0 Å². The molecule has 2 aromatic carbocycles. The van der Waals surface area contributed by atoms with Crippen LogP contribution in [0.5, 0.6) is 0 Å². The van der Waals surface area contributed by atoms with Gasteiger partial charge >= 0.3 is 0 Å². The van der Waals surface area contributed by atoms with Crippen LogP contribution in [0, 0.1) is 12.7 Å². The van der Waals surface area contributed by atoms with Crippen LogP contribution >= 0.6 is 11.3 Å². The van der Waals surface area contributed by atoms with Gasteiger partial charge in [-0.2, -0.15) is 0 Å². The van der Waals surface area contributed by atoms with Crippen molar-refractivity contribution in [2.24, 2.45) is 0 Å². The fourth-order valence-electron chi connectivity index (χ4n) is 2.26. The van der Waals surface area contributed by atoms with Crippen molar-refractivity contribution >= 4 is 43.5 Å². The van der Waals surface area contributed by atoms with E-state index < -0.39 is 0 Å². The van der Waals surface area contributed by atoms with Crippen LogP contribution in [-0.2, 0) is 0 Å². The van der Waals surface area contributed by atoms with Crippen LogP contribution in [0.2, 0.25) is 0 Å². The van der Waals surface area contributed by atoms with Crippen molar-refractivity contribution in [3.05, 3.63) is 54.0 Å². The third-order valence-corrected chi connectivity index (χ3v) is 4.25. The third kappa shape index (κ3) is 2.27. The maximum atomic E-state index is 13.2. The zero-order chi connectivity index (χ0) is 15.1. The lowest BCUT2D eigenvalue weighted by Crippen LogP contribution is -1.99. The van der Waals surface area contributed by atoms with E-state index in [4.69, 9.17) is 0 Å².